The van der Waals surface area contributed by atoms with Crippen molar-refractivity contribution in [2.24, 2.45) is 5.92 Å². The van der Waals surface area contributed by atoms with Crippen molar-refractivity contribution >= 4 is 56.5 Å². The van der Waals surface area contributed by atoms with Crippen molar-refractivity contribution in [1.29, 1.82) is 0 Å². The first kappa shape index (κ1) is 26.3. The lowest BCUT2D eigenvalue weighted by Crippen LogP contribution is -2.34. The van der Waals surface area contributed by atoms with Gasteiger partial charge in [0, 0.05) is 12.2 Å². The van der Waals surface area contributed by atoms with Crippen LogP contribution in [0.5, 0.6) is 11.5 Å². The molecule has 7 nitrogen and oxygen atoms in total. The normalized spacial score (nSPS) is 17.5. The van der Waals surface area contributed by atoms with E-state index in [4.69, 9.17) is 9.47 Å². The number of anilines is 1. The highest BCUT2D eigenvalue weighted by Crippen LogP contribution is 2.39. The van der Waals surface area contributed by atoms with Crippen LogP contribution in [0.4, 0.5) is 10.5 Å². The molecular formula is C27H29BrN2O5S. The largest absolute Gasteiger partial charge is 0.493 e. The Morgan fingerprint density at radius 1 is 1.17 bits per heavy atom. The van der Waals surface area contributed by atoms with Crippen LogP contribution in [-0.2, 0) is 9.59 Å². The fraction of sp³-hybridized carbons (Fsp3) is 0.370. The number of imide groups is 1. The lowest BCUT2D eigenvalue weighted by molar-refractivity contribution is -0.123. The number of benzene rings is 2. The molecule has 4 rings (SSSR count). The highest BCUT2D eigenvalue weighted by atomic mass is 79.9. The van der Waals surface area contributed by atoms with E-state index in [0.717, 1.165) is 43.0 Å². The van der Waals surface area contributed by atoms with Gasteiger partial charge in [0.05, 0.1) is 16.5 Å². The third-order valence-corrected chi connectivity index (χ3v) is 7.77. The number of hydrogen-bond donors (Lipinski definition) is 1. The Hall–Kier alpha value is -2.78. The van der Waals surface area contributed by atoms with Crippen molar-refractivity contribution in [3.63, 3.8) is 0 Å². The smallest absolute Gasteiger partial charge is 0.293 e. The SMILES string of the molecule is COc1cc(/C=C2/SC(=O)N(CC3CCCCC3)C2=O)cc(Br)c1OCC(=O)Nc1ccc(C)cc1. The van der Waals surface area contributed by atoms with Gasteiger partial charge in [0.1, 0.15) is 0 Å². The summed E-state index contributed by atoms with van der Waals surface area (Å²) >= 11 is 4.45. The second kappa shape index (κ2) is 12.0. The summed E-state index contributed by atoms with van der Waals surface area (Å²) in [7, 11) is 1.50. The number of rotatable bonds is 8. The molecule has 3 amide bonds. The molecule has 0 atom stereocenters. The van der Waals surface area contributed by atoms with E-state index in [1.165, 1.54) is 18.4 Å². The third-order valence-electron chi connectivity index (χ3n) is 6.27. The molecule has 36 heavy (non-hydrogen) atoms. The molecule has 2 fully saturated rings. The molecule has 1 heterocycles. The number of carbonyl (C=O) groups excluding carboxylic acids is 3. The topological polar surface area (TPSA) is 84.9 Å². The summed E-state index contributed by atoms with van der Waals surface area (Å²) in [4.78, 5) is 39.6. The average molecular weight is 574 g/mol. The van der Waals surface area contributed by atoms with E-state index in [-0.39, 0.29) is 23.7 Å². The van der Waals surface area contributed by atoms with Crippen LogP contribution in [0.15, 0.2) is 45.8 Å². The van der Waals surface area contributed by atoms with Gasteiger partial charge in [-0.05, 0) is 89.3 Å². The molecule has 1 saturated heterocycles. The first-order valence-corrected chi connectivity index (χ1v) is 13.6. The minimum Gasteiger partial charge on any atom is -0.493 e. The van der Waals surface area contributed by atoms with E-state index in [1.54, 1.807) is 18.2 Å². The van der Waals surface area contributed by atoms with Crippen molar-refractivity contribution in [2.75, 3.05) is 25.6 Å². The Bertz CT molecular complexity index is 1180. The molecule has 0 unspecified atom stereocenters. The van der Waals surface area contributed by atoms with Crippen molar-refractivity contribution in [3.8, 4) is 11.5 Å². The number of nitrogens with one attached hydrogen (secondary N) is 1. The van der Waals surface area contributed by atoms with Gasteiger partial charge in [-0.1, -0.05) is 37.0 Å². The van der Waals surface area contributed by atoms with E-state index in [9.17, 15) is 14.4 Å². The van der Waals surface area contributed by atoms with Crippen LogP contribution >= 0.6 is 27.7 Å². The van der Waals surface area contributed by atoms with E-state index in [2.05, 4.69) is 21.2 Å². The molecule has 1 aliphatic carbocycles. The Morgan fingerprint density at radius 2 is 1.89 bits per heavy atom. The van der Waals surface area contributed by atoms with Gasteiger partial charge in [0.25, 0.3) is 17.1 Å². The molecule has 190 valence electrons. The fourth-order valence-corrected chi connectivity index (χ4v) is 5.79. The summed E-state index contributed by atoms with van der Waals surface area (Å²) in [6.45, 7) is 2.26. The quantitative estimate of drug-likeness (QED) is 0.368. The van der Waals surface area contributed by atoms with Crippen molar-refractivity contribution < 1.29 is 23.9 Å². The van der Waals surface area contributed by atoms with E-state index in [1.807, 2.05) is 31.2 Å². The summed E-state index contributed by atoms with van der Waals surface area (Å²) in [6.07, 6.45) is 7.36. The maximum Gasteiger partial charge on any atom is 0.293 e. The van der Waals surface area contributed by atoms with Crippen LogP contribution in [0, 0.1) is 12.8 Å². The molecule has 1 aliphatic heterocycles. The summed E-state index contributed by atoms with van der Waals surface area (Å²) in [5.74, 6) is 0.613. The zero-order valence-electron chi connectivity index (χ0n) is 20.3. The number of nitrogens with zero attached hydrogens (tertiary/aromatic N) is 1. The molecule has 2 aliphatic rings. The molecule has 0 bridgehead atoms. The van der Waals surface area contributed by atoms with Crippen LogP contribution in [0.1, 0.15) is 43.2 Å². The van der Waals surface area contributed by atoms with Gasteiger partial charge < -0.3 is 14.8 Å². The van der Waals surface area contributed by atoms with Gasteiger partial charge >= 0.3 is 0 Å². The zero-order chi connectivity index (χ0) is 25.7. The Labute approximate surface area is 223 Å². The van der Waals surface area contributed by atoms with E-state index < -0.39 is 0 Å². The second-order valence-corrected chi connectivity index (χ2v) is 10.9. The van der Waals surface area contributed by atoms with Gasteiger partial charge in [-0.15, -0.1) is 0 Å². The molecule has 0 aromatic heterocycles. The van der Waals surface area contributed by atoms with Crippen LogP contribution in [0.25, 0.3) is 6.08 Å². The van der Waals surface area contributed by atoms with Crippen LogP contribution < -0.4 is 14.8 Å². The molecular weight excluding hydrogens is 544 g/mol. The highest BCUT2D eigenvalue weighted by Gasteiger charge is 2.36. The number of halogens is 1. The predicted molar refractivity (Wildman–Crippen MR) is 145 cm³/mol. The molecule has 0 spiro atoms. The van der Waals surface area contributed by atoms with Crippen LogP contribution in [-0.4, -0.2) is 42.2 Å². The standard InChI is InChI=1S/C27H29BrN2O5S/c1-17-8-10-20(11-9-17)29-24(31)16-35-25-21(28)12-19(13-22(25)34-2)14-23-26(32)30(27(33)36-23)15-18-6-4-3-5-7-18/h8-14,18H,3-7,15-16H2,1-2H3,(H,29,31)/b23-14+. The Morgan fingerprint density at radius 3 is 2.58 bits per heavy atom. The minimum absolute atomic E-state index is 0.206. The first-order chi connectivity index (χ1) is 17.3. The number of aryl methyl sites for hydroxylation is 1. The van der Waals surface area contributed by atoms with Crippen molar-refractivity contribution in [3.05, 3.63) is 56.9 Å². The number of methoxy groups -OCH3 is 1. The van der Waals surface area contributed by atoms with Gasteiger partial charge in [0.2, 0.25) is 0 Å². The summed E-state index contributed by atoms with van der Waals surface area (Å²) in [6, 6.07) is 11.0. The molecule has 2 aromatic rings. The van der Waals surface area contributed by atoms with E-state index >= 15 is 0 Å². The average Bonchev–Trinajstić information content (AvgIpc) is 3.12. The first-order valence-electron chi connectivity index (χ1n) is 12.0. The number of ether oxygens (including phenoxy) is 2. The minimum atomic E-state index is -0.302. The summed E-state index contributed by atoms with van der Waals surface area (Å²) in [5, 5.41) is 2.57. The molecule has 0 radical (unpaired) electrons. The second-order valence-electron chi connectivity index (χ2n) is 9.03. The zero-order valence-corrected chi connectivity index (χ0v) is 22.7. The highest BCUT2D eigenvalue weighted by molar-refractivity contribution is 9.10. The van der Waals surface area contributed by atoms with Gasteiger partial charge in [-0.2, -0.15) is 0 Å². The van der Waals surface area contributed by atoms with E-state index in [0.29, 0.717) is 44.6 Å². The van der Waals surface area contributed by atoms with Gasteiger partial charge in [-0.25, -0.2) is 0 Å². The summed E-state index contributed by atoms with van der Waals surface area (Å²) < 4.78 is 11.8. The monoisotopic (exact) mass is 572 g/mol. The van der Waals surface area contributed by atoms with Gasteiger partial charge in [0.15, 0.2) is 18.1 Å². The molecule has 2 aromatic carbocycles. The molecule has 9 heteroatoms. The molecule has 1 N–H and O–H groups in total. The lowest BCUT2D eigenvalue weighted by Gasteiger charge is -2.25. The van der Waals surface area contributed by atoms with Crippen LogP contribution in [0.3, 0.4) is 0 Å². The lowest BCUT2D eigenvalue weighted by atomic mass is 9.89. The van der Waals surface area contributed by atoms with Gasteiger partial charge in [-0.3, -0.25) is 19.3 Å². The van der Waals surface area contributed by atoms with Crippen molar-refractivity contribution in [2.45, 2.75) is 39.0 Å². The number of thioether (sulfide) groups is 1. The number of hydrogen-bond acceptors (Lipinski definition) is 6. The van der Waals surface area contributed by atoms with Crippen LogP contribution in [0.2, 0.25) is 0 Å². The molecule has 1 saturated carbocycles. The fourth-order valence-electron chi connectivity index (χ4n) is 4.37. The predicted octanol–water partition coefficient (Wildman–Crippen LogP) is 6.40. The number of carbonyl (C=O) groups is 3. The maximum absolute atomic E-state index is 13.0. The number of amides is 3. The van der Waals surface area contributed by atoms with Crippen molar-refractivity contribution in [1.82, 2.24) is 4.90 Å². The Balaban J connectivity index is 1.43. The third kappa shape index (κ3) is 6.50. The maximum atomic E-state index is 13.0. The summed E-state index contributed by atoms with van der Waals surface area (Å²) in [5.41, 5.74) is 2.47. The Kier molecular flexibility index (Phi) is 8.74.